The number of hydrogen-bond acceptors (Lipinski definition) is 3. The Morgan fingerprint density at radius 3 is 2.21 bits per heavy atom. The lowest BCUT2D eigenvalue weighted by molar-refractivity contribution is 0.552. The summed E-state index contributed by atoms with van der Waals surface area (Å²) in [5, 5.41) is -0.248. The zero-order valence-corrected chi connectivity index (χ0v) is 10.3. The Morgan fingerprint density at radius 2 is 1.79 bits per heavy atom. The fourth-order valence-electron chi connectivity index (χ4n) is 1.15. The Labute approximate surface area is 88.0 Å². The minimum atomic E-state index is -2.84. The SMILES string of the molecule is CCC(N)CCCCS(=O)(=O)C(C)C. The van der Waals surface area contributed by atoms with Crippen LogP contribution < -0.4 is 5.73 Å². The molecule has 0 rings (SSSR count). The summed E-state index contributed by atoms with van der Waals surface area (Å²) in [7, 11) is -2.84. The zero-order chi connectivity index (χ0) is 11.2. The first kappa shape index (κ1) is 13.9. The number of nitrogens with two attached hydrogens (primary N) is 1. The number of hydrogen-bond donors (Lipinski definition) is 1. The minimum absolute atomic E-state index is 0.233. The van der Waals surface area contributed by atoms with Crippen molar-refractivity contribution in [1.29, 1.82) is 0 Å². The highest BCUT2D eigenvalue weighted by molar-refractivity contribution is 7.91. The first-order valence-electron chi connectivity index (χ1n) is 5.37. The highest BCUT2D eigenvalue weighted by atomic mass is 32.2. The molecule has 14 heavy (non-hydrogen) atoms. The fourth-order valence-corrected chi connectivity index (χ4v) is 2.23. The van der Waals surface area contributed by atoms with Gasteiger partial charge in [0.15, 0.2) is 9.84 Å². The lowest BCUT2D eigenvalue weighted by atomic mass is 10.1. The topological polar surface area (TPSA) is 60.2 Å². The Kier molecular flexibility index (Phi) is 6.36. The van der Waals surface area contributed by atoms with Crippen molar-refractivity contribution in [3.63, 3.8) is 0 Å². The summed E-state index contributed by atoms with van der Waals surface area (Å²) in [5.41, 5.74) is 5.73. The molecule has 0 radical (unpaired) electrons. The molecule has 0 aromatic rings. The zero-order valence-electron chi connectivity index (χ0n) is 9.49. The third-order valence-electron chi connectivity index (χ3n) is 2.50. The molecule has 0 saturated carbocycles. The third kappa shape index (κ3) is 5.60. The number of unbranched alkanes of at least 4 members (excludes halogenated alkanes) is 1. The predicted molar refractivity (Wildman–Crippen MR) is 61.0 cm³/mol. The van der Waals surface area contributed by atoms with Gasteiger partial charge >= 0.3 is 0 Å². The van der Waals surface area contributed by atoms with Gasteiger partial charge in [0.25, 0.3) is 0 Å². The average Bonchev–Trinajstić information content (AvgIpc) is 2.11. The summed E-state index contributed by atoms with van der Waals surface area (Å²) in [4.78, 5) is 0. The highest BCUT2D eigenvalue weighted by Gasteiger charge is 2.15. The van der Waals surface area contributed by atoms with Gasteiger partial charge < -0.3 is 5.73 Å². The second kappa shape index (κ2) is 6.40. The Balaban J connectivity index is 3.65. The Hall–Kier alpha value is -0.0900. The molecule has 2 N–H and O–H groups in total. The van der Waals surface area contributed by atoms with Gasteiger partial charge in [-0.05, 0) is 33.1 Å². The van der Waals surface area contributed by atoms with Crippen LogP contribution in [0.1, 0.15) is 46.5 Å². The van der Waals surface area contributed by atoms with Gasteiger partial charge in [-0.15, -0.1) is 0 Å². The van der Waals surface area contributed by atoms with Crippen molar-refractivity contribution in [1.82, 2.24) is 0 Å². The minimum Gasteiger partial charge on any atom is -0.328 e. The molecule has 0 aliphatic heterocycles. The van der Waals surface area contributed by atoms with E-state index < -0.39 is 9.84 Å². The van der Waals surface area contributed by atoms with Crippen LogP contribution in [0.5, 0.6) is 0 Å². The van der Waals surface area contributed by atoms with Crippen LogP contribution in [0, 0.1) is 0 Å². The lowest BCUT2D eigenvalue weighted by Gasteiger charge is -2.09. The predicted octanol–water partition coefficient (Wildman–Crippen LogP) is 1.72. The van der Waals surface area contributed by atoms with E-state index >= 15 is 0 Å². The van der Waals surface area contributed by atoms with Crippen LogP contribution >= 0.6 is 0 Å². The van der Waals surface area contributed by atoms with Crippen molar-refractivity contribution in [3.8, 4) is 0 Å². The monoisotopic (exact) mass is 221 g/mol. The summed E-state index contributed by atoms with van der Waals surface area (Å²) in [6.07, 6.45) is 3.57. The molecule has 0 amide bonds. The molecule has 3 nitrogen and oxygen atoms in total. The lowest BCUT2D eigenvalue weighted by Crippen LogP contribution is -2.20. The van der Waals surface area contributed by atoms with E-state index in [1.165, 1.54) is 0 Å². The van der Waals surface area contributed by atoms with E-state index in [1.807, 2.05) is 0 Å². The first-order chi connectivity index (χ1) is 6.40. The molecular weight excluding hydrogens is 198 g/mol. The first-order valence-corrected chi connectivity index (χ1v) is 7.08. The van der Waals surface area contributed by atoms with Crippen LogP contribution in [0.4, 0.5) is 0 Å². The van der Waals surface area contributed by atoms with Gasteiger partial charge in [-0.25, -0.2) is 8.42 Å². The van der Waals surface area contributed by atoms with Crippen LogP contribution in [-0.2, 0) is 9.84 Å². The van der Waals surface area contributed by atoms with Gasteiger partial charge in [-0.1, -0.05) is 13.3 Å². The van der Waals surface area contributed by atoms with Gasteiger partial charge in [0.05, 0.1) is 11.0 Å². The van der Waals surface area contributed by atoms with E-state index in [0.717, 1.165) is 25.7 Å². The molecular formula is C10H23NO2S. The molecule has 0 fully saturated rings. The summed E-state index contributed by atoms with van der Waals surface area (Å²) >= 11 is 0. The third-order valence-corrected chi connectivity index (χ3v) is 4.79. The van der Waals surface area contributed by atoms with Crippen LogP contribution in [-0.4, -0.2) is 25.5 Å². The van der Waals surface area contributed by atoms with Gasteiger partial charge in [-0.2, -0.15) is 0 Å². The quantitative estimate of drug-likeness (QED) is 0.666. The largest absolute Gasteiger partial charge is 0.328 e. The maximum Gasteiger partial charge on any atom is 0.152 e. The van der Waals surface area contributed by atoms with E-state index in [2.05, 4.69) is 6.92 Å². The molecule has 1 unspecified atom stereocenters. The maximum absolute atomic E-state index is 11.4. The van der Waals surface area contributed by atoms with E-state index in [4.69, 9.17) is 5.73 Å². The smallest absolute Gasteiger partial charge is 0.152 e. The van der Waals surface area contributed by atoms with Crippen LogP contribution in [0.25, 0.3) is 0 Å². The van der Waals surface area contributed by atoms with E-state index in [0.29, 0.717) is 5.75 Å². The molecule has 0 spiro atoms. The maximum atomic E-state index is 11.4. The molecule has 1 atom stereocenters. The Morgan fingerprint density at radius 1 is 1.21 bits per heavy atom. The van der Waals surface area contributed by atoms with Gasteiger partial charge in [-0.3, -0.25) is 0 Å². The second-order valence-electron chi connectivity index (χ2n) is 4.08. The molecule has 0 aromatic carbocycles. The van der Waals surface area contributed by atoms with Crippen molar-refractivity contribution < 1.29 is 8.42 Å². The number of rotatable bonds is 7. The molecule has 0 aliphatic rings. The standard InChI is InChI=1S/C10H23NO2S/c1-4-10(11)7-5-6-8-14(12,13)9(2)3/h9-10H,4-8,11H2,1-3H3. The fraction of sp³-hybridized carbons (Fsp3) is 1.00. The van der Waals surface area contributed by atoms with Crippen molar-refractivity contribution in [2.75, 3.05) is 5.75 Å². The summed E-state index contributed by atoms with van der Waals surface area (Å²) in [6, 6.07) is 0.233. The van der Waals surface area contributed by atoms with Gasteiger partial charge in [0, 0.05) is 6.04 Å². The van der Waals surface area contributed by atoms with Crippen molar-refractivity contribution in [2.24, 2.45) is 5.73 Å². The second-order valence-corrected chi connectivity index (χ2v) is 6.76. The summed E-state index contributed by atoms with van der Waals surface area (Å²) in [5.74, 6) is 0.307. The van der Waals surface area contributed by atoms with E-state index in [9.17, 15) is 8.42 Å². The Bertz CT molecular complexity index is 235. The molecule has 4 heteroatoms. The van der Waals surface area contributed by atoms with E-state index in [-0.39, 0.29) is 11.3 Å². The molecule has 0 heterocycles. The molecule has 0 aliphatic carbocycles. The molecule has 0 bridgehead atoms. The normalized spacial score (nSPS) is 14.6. The molecule has 0 saturated heterocycles. The average molecular weight is 221 g/mol. The summed E-state index contributed by atoms with van der Waals surface area (Å²) in [6.45, 7) is 5.51. The molecule has 86 valence electrons. The van der Waals surface area contributed by atoms with Crippen LogP contribution in [0.15, 0.2) is 0 Å². The van der Waals surface area contributed by atoms with Gasteiger partial charge in [0.2, 0.25) is 0 Å². The molecule has 0 aromatic heterocycles. The van der Waals surface area contributed by atoms with Crippen LogP contribution in [0.2, 0.25) is 0 Å². The summed E-state index contributed by atoms with van der Waals surface area (Å²) < 4.78 is 22.8. The van der Waals surface area contributed by atoms with Crippen LogP contribution in [0.3, 0.4) is 0 Å². The van der Waals surface area contributed by atoms with Crippen molar-refractivity contribution in [3.05, 3.63) is 0 Å². The van der Waals surface area contributed by atoms with E-state index in [1.54, 1.807) is 13.8 Å². The highest BCUT2D eigenvalue weighted by Crippen LogP contribution is 2.07. The van der Waals surface area contributed by atoms with Crippen molar-refractivity contribution >= 4 is 9.84 Å². The van der Waals surface area contributed by atoms with Gasteiger partial charge in [0.1, 0.15) is 0 Å². The number of sulfone groups is 1. The van der Waals surface area contributed by atoms with Crippen molar-refractivity contribution in [2.45, 2.75) is 57.7 Å².